The van der Waals surface area contributed by atoms with E-state index in [0.29, 0.717) is 17.6 Å². The number of ether oxygens (including phenoxy) is 1. The molecule has 0 radical (unpaired) electrons. The number of aromatic nitrogens is 4. The van der Waals surface area contributed by atoms with Gasteiger partial charge in [0.05, 0.1) is 18.7 Å². The zero-order valence-electron chi connectivity index (χ0n) is 14.8. The fourth-order valence-corrected chi connectivity index (χ4v) is 3.93. The highest BCUT2D eigenvalue weighted by atomic mass is 32.2. The third kappa shape index (κ3) is 4.19. The molecule has 11 nitrogen and oxygen atoms in total. The smallest absolute Gasteiger partial charge is 0.267 e. The Kier molecular flexibility index (Phi) is 5.91. The van der Waals surface area contributed by atoms with Crippen molar-refractivity contribution < 1.29 is 27.6 Å². The monoisotopic (exact) mass is 401 g/mol. The van der Waals surface area contributed by atoms with Crippen molar-refractivity contribution in [2.75, 3.05) is 18.1 Å². The van der Waals surface area contributed by atoms with Crippen LogP contribution in [0.5, 0.6) is 0 Å². The Bertz CT molecular complexity index is 888. The maximum Gasteiger partial charge on any atom is 0.267 e. The number of rotatable bonds is 8. The molecule has 12 heteroatoms. The van der Waals surface area contributed by atoms with E-state index in [2.05, 4.69) is 15.0 Å². The van der Waals surface area contributed by atoms with Gasteiger partial charge in [-0.1, -0.05) is 19.8 Å². The highest BCUT2D eigenvalue weighted by Crippen LogP contribution is 2.32. The fourth-order valence-electron chi connectivity index (χ4n) is 2.91. The first-order valence-electron chi connectivity index (χ1n) is 8.65. The fraction of sp³-hybridized carbons (Fsp3) is 0.667. The average molecular weight is 401 g/mol. The second kappa shape index (κ2) is 8.02. The molecule has 150 valence electrons. The van der Waals surface area contributed by atoms with E-state index in [1.165, 1.54) is 17.2 Å². The maximum atomic E-state index is 11.9. The summed E-state index contributed by atoms with van der Waals surface area (Å²) in [7, 11) is -3.72. The second-order valence-electron chi connectivity index (χ2n) is 6.38. The van der Waals surface area contributed by atoms with Crippen molar-refractivity contribution in [3.05, 3.63) is 12.7 Å². The highest BCUT2D eigenvalue weighted by Gasteiger charge is 2.45. The van der Waals surface area contributed by atoms with Gasteiger partial charge in [0, 0.05) is 0 Å². The number of aliphatic hydroxyl groups is 2. The number of imidazole rings is 1. The summed E-state index contributed by atoms with van der Waals surface area (Å²) in [5, 5.41) is 20.6. The molecule has 0 bridgehead atoms. The maximum absolute atomic E-state index is 11.9. The number of nitrogens with two attached hydrogens (primary N) is 1. The van der Waals surface area contributed by atoms with Crippen LogP contribution < -0.4 is 5.73 Å². The summed E-state index contributed by atoms with van der Waals surface area (Å²) in [5.41, 5.74) is 6.40. The van der Waals surface area contributed by atoms with Gasteiger partial charge >= 0.3 is 0 Å². The third-order valence-corrected chi connectivity index (χ3v) is 5.69. The van der Waals surface area contributed by atoms with E-state index >= 15 is 0 Å². The van der Waals surface area contributed by atoms with Crippen molar-refractivity contribution in [1.29, 1.82) is 0 Å². The minimum atomic E-state index is -3.72. The zero-order valence-corrected chi connectivity index (χ0v) is 15.6. The Morgan fingerprint density at radius 2 is 2.04 bits per heavy atom. The molecule has 0 aromatic carbocycles. The van der Waals surface area contributed by atoms with Crippen LogP contribution in [0.3, 0.4) is 0 Å². The molecule has 1 fully saturated rings. The predicted octanol–water partition coefficient (Wildman–Crippen LogP) is -0.436. The summed E-state index contributed by atoms with van der Waals surface area (Å²) < 4.78 is 35.8. The molecule has 0 aliphatic carbocycles. The van der Waals surface area contributed by atoms with E-state index in [1.54, 1.807) is 0 Å². The van der Waals surface area contributed by atoms with Gasteiger partial charge in [-0.05, 0) is 6.42 Å². The molecule has 3 heterocycles. The molecule has 0 amide bonds. The van der Waals surface area contributed by atoms with Crippen LogP contribution in [-0.2, 0) is 19.0 Å². The molecule has 4 N–H and O–H groups in total. The van der Waals surface area contributed by atoms with E-state index in [1.807, 2.05) is 6.92 Å². The molecular weight excluding hydrogens is 378 g/mol. The van der Waals surface area contributed by atoms with Crippen molar-refractivity contribution in [3.63, 3.8) is 0 Å². The molecule has 0 saturated carbocycles. The summed E-state index contributed by atoms with van der Waals surface area (Å²) in [5.74, 6) is 0.0719. The van der Waals surface area contributed by atoms with Gasteiger partial charge in [-0.2, -0.15) is 8.42 Å². The van der Waals surface area contributed by atoms with Gasteiger partial charge in [-0.15, -0.1) is 0 Å². The third-order valence-electron chi connectivity index (χ3n) is 4.41. The molecule has 4 atom stereocenters. The summed E-state index contributed by atoms with van der Waals surface area (Å²) in [4.78, 5) is 12.0. The molecule has 1 aliphatic heterocycles. The Morgan fingerprint density at radius 3 is 2.78 bits per heavy atom. The standard InChI is InChI=1S/C15H23N5O6S/c1-2-3-4-5-27(23,24)25-6-9-11(21)12(22)15(26-9)20-8-19-10-13(16)17-7-18-14(10)20/h7-9,11-12,15,21-22H,2-6H2,1H3,(H2,16,17,18)/t9-,11-,12-,15-/m1/s1. The first-order chi connectivity index (χ1) is 12.8. The van der Waals surface area contributed by atoms with Crippen LogP contribution in [-0.4, -0.2) is 68.8 Å². The number of nitrogen functional groups attached to an aromatic ring is 1. The molecule has 2 aromatic heterocycles. The molecular formula is C15H23N5O6S. The van der Waals surface area contributed by atoms with Gasteiger partial charge in [0.1, 0.15) is 30.2 Å². The Hall–Kier alpha value is -1.86. The van der Waals surface area contributed by atoms with Crippen LogP contribution >= 0.6 is 0 Å². The summed E-state index contributed by atoms with van der Waals surface area (Å²) >= 11 is 0. The van der Waals surface area contributed by atoms with Gasteiger partial charge in [-0.3, -0.25) is 8.75 Å². The lowest BCUT2D eigenvalue weighted by molar-refractivity contribution is -0.0467. The van der Waals surface area contributed by atoms with Crippen LogP contribution in [0.25, 0.3) is 11.2 Å². The lowest BCUT2D eigenvalue weighted by atomic mass is 10.1. The van der Waals surface area contributed by atoms with Crippen LogP contribution in [0.15, 0.2) is 12.7 Å². The quantitative estimate of drug-likeness (QED) is 0.390. The van der Waals surface area contributed by atoms with Gasteiger partial charge < -0.3 is 20.7 Å². The number of hydrogen-bond acceptors (Lipinski definition) is 10. The number of hydrogen-bond donors (Lipinski definition) is 3. The Morgan fingerprint density at radius 1 is 1.26 bits per heavy atom. The van der Waals surface area contributed by atoms with Crippen LogP contribution in [0.2, 0.25) is 0 Å². The Balaban J connectivity index is 1.69. The largest absolute Gasteiger partial charge is 0.387 e. The minimum absolute atomic E-state index is 0.0992. The van der Waals surface area contributed by atoms with Crippen LogP contribution in [0.4, 0.5) is 5.82 Å². The summed E-state index contributed by atoms with van der Waals surface area (Å²) in [6.07, 6.45) is 0.0786. The van der Waals surface area contributed by atoms with Crippen molar-refractivity contribution in [1.82, 2.24) is 19.5 Å². The molecule has 27 heavy (non-hydrogen) atoms. The highest BCUT2D eigenvalue weighted by molar-refractivity contribution is 7.86. The average Bonchev–Trinajstić information content (AvgIpc) is 3.17. The van der Waals surface area contributed by atoms with E-state index in [4.69, 9.17) is 14.7 Å². The minimum Gasteiger partial charge on any atom is -0.387 e. The SMILES string of the molecule is CCCCCS(=O)(=O)OC[C@H]1O[C@@H](n2cnc3c(N)ncnc32)[C@H](O)[C@@H]1O. The summed E-state index contributed by atoms with van der Waals surface area (Å²) in [6.45, 7) is 1.57. The topological polar surface area (TPSA) is 163 Å². The molecule has 1 aliphatic rings. The van der Waals surface area contributed by atoms with E-state index in [0.717, 1.165) is 12.8 Å². The lowest BCUT2D eigenvalue weighted by Crippen LogP contribution is -2.34. The normalized spacial score (nSPS) is 26.0. The zero-order chi connectivity index (χ0) is 19.6. The molecule has 0 spiro atoms. The molecule has 0 unspecified atom stereocenters. The lowest BCUT2D eigenvalue weighted by Gasteiger charge is -2.16. The number of aliphatic hydroxyl groups excluding tert-OH is 2. The van der Waals surface area contributed by atoms with E-state index in [9.17, 15) is 18.6 Å². The first kappa shape index (κ1) is 19.9. The van der Waals surface area contributed by atoms with Crippen molar-refractivity contribution in [2.24, 2.45) is 0 Å². The predicted molar refractivity (Wildman–Crippen MR) is 94.9 cm³/mol. The molecule has 2 aromatic rings. The number of nitrogens with zero attached hydrogens (tertiary/aromatic N) is 4. The Labute approximate surface area is 156 Å². The molecule has 1 saturated heterocycles. The number of anilines is 1. The van der Waals surface area contributed by atoms with E-state index < -0.39 is 41.3 Å². The summed E-state index contributed by atoms with van der Waals surface area (Å²) in [6, 6.07) is 0. The van der Waals surface area contributed by atoms with Gasteiger partial charge in [-0.25, -0.2) is 15.0 Å². The van der Waals surface area contributed by atoms with Crippen molar-refractivity contribution in [3.8, 4) is 0 Å². The van der Waals surface area contributed by atoms with Gasteiger partial charge in [0.25, 0.3) is 10.1 Å². The van der Waals surface area contributed by atoms with Crippen molar-refractivity contribution >= 4 is 27.1 Å². The van der Waals surface area contributed by atoms with Crippen molar-refractivity contribution in [2.45, 2.75) is 50.7 Å². The number of fused-ring (bicyclic) bond motifs is 1. The van der Waals surface area contributed by atoms with Crippen LogP contribution in [0, 0.1) is 0 Å². The van der Waals surface area contributed by atoms with Gasteiger partial charge in [0.2, 0.25) is 0 Å². The van der Waals surface area contributed by atoms with E-state index in [-0.39, 0.29) is 11.6 Å². The van der Waals surface area contributed by atoms with Gasteiger partial charge in [0.15, 0.2) is 17.7 Å². The second-order valence-corrected chi connectivity index (χ2v) is 8.14. The number of unbranched alkanes of at least 4 members (excludes halogenated alkanes) is 2. The van der Waals surface area contributed by atoms with Crippen LogP contribution in [0.1, 0.15) is 32.4 Å². The first-order valence-corrected chi connectivity index (χ1v) is 10.2. The molecule has 3 rings (SSSR count).